The van der Waals surface area contributed by atoms with Gasteiger partial charge in [0.1, 0.15) is 0 Å². The van der Waals surface area contributed by atoms with E-state index < -0.39 is 12.1 Å². The summed E-state index contributed by atoms with van der Waals surface area (Å²) in [5.74, 6) is -0.179. The predicted octanol–water partition coefficient (Wildman–Crippen LogP) is -0.161. The van der Waals surface area contributed by atoms with Crippen molar-refractivity contribution in [3.8, 4) is 11.5 Å². The molecule has 100 valence electrons. The van der Waals surface area contributed by atoms with Crippen LogP contribution in [-0.2, 0) is 0 Å². The van der Waals surface area contributed by atoms with Crippen LogP contribution in [0.25, 0.3) is 0 Å². The van der Waals surface area contributed by atoms with Gasteiger partial charge in [-0.05, 0) is 25.1 Å². The summed E-state index contributed by atoms with van der Waals surface area (Å²) in [6.45, 7) is 1.71. The van der Waals surface area contributed by atoms with Gasteiger partial charge in [-0.15, -0.1) is 0 Å². The lowest BCUT2D eigenvalue weighted by atomic mass is 10.1. The molecule has 2 atom stereocenters. The van der Waals surface area contributed by atoms with Crippen LogP contribution in [-0.4, -0.2) is 41.9 Å². The quantitative estimate of drug-likeness (QED) is 0.584. The SMILES string of the molecule is COc1ccc(C(=O)NCC(N)C(C)O)cc1O. The molecule has 1 rings (SSSR count). The number of benzene rings is 1. The Morgan fingerprint density at radius 2 is 2.22 bits per heavy atom. The molecule has 1 aromatic carbocycles. The fourth-order valence-corrected chi connectivity index (χ4v) is 1.31. The van der Waals surface area contributed by atoms with Crippen molar-refractivity contribution >= 4 is 5.91 Å². The third-order valence-corrected chi connectivity index (χ3v) is 2.56. The molecule has 18 heavy (non-hydrogen) atoms. The number of hydrogen-bond acceptors (Lipinski definition) is 5. The van der Waals surface area contributed by atoms with Crippen molar-refractivity contribution in [1.29, 1.82) is 0 Å². The van der Waals surface area contributed by atoms with E-state index >= 15 is 0 Å². The normalized spacial score (nSPS) is 13.8. The fourth-order valence-electron chi connectivity index (χ4n) is 1.31. The minimum Gasteiger partial charge on any atom is -0.504 e. The average molecular weight is 254 g/mol. The Morgan fingerprint density at radius 3 is 2.72 bits per heavy atom. The smallest absolute Gasteiger partial charge is 0.251 e. The van der Waals surface area contributed by atoms with E-state index in [2.05, 4.69) is 5.32 Å². The predicted molar refractivity (Wildman–Crippen MR) is 66.6 cm³/mol. The van der Waals surface area contributed by atoms with E-state index in [0.717, 1.165) is 0 Å². The Kier molecular flexibility index (Phi) is 4.94. The number of carbonyl (C=O) groups is 1. The first-order valence-corrected chi connectivity index (χ1v) is 5.54. The van der Waals surface area contributed by atoms with Crippen molar-refractivity contribution in [3.05, 3.63) is 23.8 Å². The van der Waals surface area contributed by atoms with Gasteiger partial charge in [0, 0.05) is 18.2 Å². The molecule has 0 bridgehead atoms. The molecular weight excluding hydrogens is 236 g/mol. The van der Waals surface area contributed by atoms with Crippen LogP contribution in [0.15, 0.2) is 18.2 Å². The van der Waals surface area contributed by atoms with Crippen LogP contribution in [0, 0.1) is 0 Å². The minimum atomic E-state index is -0.699. The molecule has 1 amide bonds. The van der Waals surface area contributed by atoms with Crippen LogP contribution >= 0.6 is 0 Å². The van der Waals surface area contributed by atoms with E-state index in [-0.39, 0.29) is 18.2 Å². The number of aromatic hydroxyl groups is 1. The highest BCUT2D eigenvalue weighted by Crippen LogP contribution is 2.25. The van der Waals surface area contributed by atoms with Gasteiger partial charge < -0.3 is 26.0 Å². The third-order valence-electron chi connectivity index (χ3n) is 2.56. The Bertz CT molecular complexity index is 421. The van der Waals surface area contributed by atoms with Gasteiger partial charge in [-0.2, -0.15) is 0 Å². The maximum atomic E-state index is 11.7. The number of phenols is 1. The lowest BCUT2D eigenvalue weighted by Gasteiger charge is -2.15. The zero-order chi connectivity index (χ0) is 13.7. The summed E-state index contributed by atoms with van der Waals surface area (Å²) in [5, 5.41) is 21.3. The average Bonchev–Trinajstić information content (AvgIpc) is 2.35. The number of nitrogens with two attached hydrogens (primary N) is 1. The summed E-state index contributed by atoms with van der Waals surface area (Å²) >= 11 is 0. The van der Waals surface area contributed by atoms with Gasteiger partial charge in [-0.3, -0.25) is 4.79 Å². The van der Waals surface area contributed by atoms with E-state index in [1.165, 1.54) is 25.3 Å². The van der Waals surface area contributed by atoms with Crippen molar-refractivity contribution in [2.24, 2.45) is 5.73 Å². The molecule has 5 N–H and O–H groups in total. The van der Waals surface area contributed by atoms with Crippen LogP contribution in [0.4, 0.5) is 0 Å². The number of ether oxygens (including phenoxy) is 1. The van der Waals surface area contributed by atoms with Crippen molar-refractivity contribution in [2.75, 3.05) is 13.7 Å². The lowest BCUT2D eigenvalue weighted by Crippen LogP contribution is -2.43. The highest BCUT2D eigenvalue weighted by Gasteiger charge is 2.13. The van der Waals surface area contributed by atoms with Crippen molar-refractivity contribution in [1.82, 2.24) is 5.32 Å². The number of methoxy groups -OCH3 is 1. The molecule has 1 aromatic rings. The molecule has 6 nitrogen and oxygen atoms in total. The third kappa shape index (κ3) is 3.61. The number of hydrogen-bond donors (Lipinski definition) is 4. The summed E-state index contributed by atoms with van der Waals surface area (Å²) < 4.78 is 4.87. The first-order valence-electron chi connectivity index (χ1n) is 5.54. The second kappa shape index (κ2) is 6.23. The molecule has 0 saturated heterocycles. The van der Waals surface area contributed by atoms with Gasteiger partial charge in [0.2, 0.25) is 0 Å². The topological polar surface area (TPSA) is 105 Å². The van der Waals surface area contributed by atoms with Crippen molar-refractivity contribution < 1.29 is 19.7 Å². The molecule has 0 saturated carbocycles. The number of phenolic OH excluding ortho intramolecular Hbond substituents is 1. The molecular formula is C12H18N2O4. The van der Waals surface area contributed by atoms with E-state index in [0.29, 0.717) is 11.3 Å². The Morgan fingerprint density at radius 1 is 1.56 bits per heavy atom. The van der Waals surface area contributed by atoms with Crippen molar-refractivity contribution in [2.45, 2.75) is 19.1 Å². The molecule has 0 aliphatic rings. The van der Waals surface area contributed by atoms with E-state index in [9.17, 15) is 15.0 Å². The second-order valence-corrected chi connectivity index (χ2v) is 4.00. The van der Waals surface area contributed by atoms with E-state index in [1.807, 2.05) is 0 Å². The Labute approximate surface area is 105 Å². The minimum absolute atomic E-state index is 0.107. The molecule has 0 heterocycles. The molecule has 0 spiro atoms. The second-order valence-electron chi connectivity index (χ2n) is 4.00. The molecule has 6 heteroatoms. The van der Waals surface area contributed by atoms with Gasteiger partial charge in [0.25, 0.3) is 5.91 Å². The van der Waals surface area contributed by atoms with Crippen LogP contribution in [0.1, 0.15) is 17.3 Å². The molecule has 2 unspecified atom stereocenters. The standard InChI is InChI=1S/C12H18N2O4/c1-7(15)9(13)6-14-12(17)8-3-4-11(18-2)10(16)5-8/h3-5,7,9,15-16H,6,13H2,1-2H3,(H,14,17). The largest absolute Gasteiger partial charge is 0.504 e. The first-order chi connectivity index (χ1) is 8.45. The number of amides is 1. The summed E-state index contributed by atoms with van der Waals surface area (Å²) in [5.41, 5.74) is 5.88. The maximum Gasteiger partial charge on any atom is 0.251 e. The maximum absolute atomic E-state index is 11.7. The van der Waals surface area contributed by atoms with Crippen LogP contribution in [0.3, 0.4) is 0 Å². The number of aliphatic hydroxyl groups excluding tert-OH is 1. The fraction of sp³-hybridized carbons (Fsp3) is 0.417. The lowest BCUT2D eigenvalue weighted by molar-refractivity contribution is 0.0937. The zero-order valence-electron chi connectivity index (χ0n) is 10.4. The summed E-state index contributed by atoms with van der Waals surface area (Å²) in [4.78, 5) is 11.7. The summed E-state index contributed by atoms with van der Waals surface area (Å²) in [6, 6.07) is 3.81. The number of carbonyl (C=O) groups excluding carboxylic acids is 1. The molecule has 0 fully saturated rings. The van der Waals surface area contributed by atoms with Gasteiger partial charge in [-0.25, -0.2) is 0 Å². The van der Waals surface area contributed by atoms with Crippen LogP contribution < -0.4 is 15.8 Å². The summed E-state index contributed by atoms with van der Waals surface area (Å²) in [7, 11) is 1.43. The molecule has 0 radical (unpaired) electrons. The highest BCUT2D eigenvalue weighted by molar-refractivity contribution is 5.94. The van der Waals surface area contributed by atoms with Gasteiger partial charge in [-0.1, -0.05) is 0 Å². The highest BCUT2D eigenvalue weighted by atomic mass is 16.5. The molecule has 0 aromatic heterocycles. The molecule has 0 aliphatic heterocycles. The van der Waals surface area contributed by atoms with E-state index in [4.69, 9.17) is 10.5 Å². The summed E-state index contributed by atoms with van der Waals surface area (Å²) in [6.07, 6.45) is -0.699. The van der Waals surface area contributed by atoms with E-state index in [1.54, 1.807) is 6.92 Å². The zero-order valence-corrected chi connectivity index (χ0v) is 10.4. The van der Waals surface area contributed by atoms with Crippen LogP contribution in [0.5, 0.6) is 11.5 Å². The number of rotatable bonds is 5. The van der Waals surface area contributed by atoms with Gasteiger partial charge in [0.15, 0.2) is 11.5 Å². The Balaban J connectivity index is 2.65. The van der Waals surface area contributed by atoms with Crippen molar-refractivity contribution in [3.63, 3.8) is 0 Å². The van der Waals surface area contributed by atoms with Gasteiger partial charge >= 0.3 is 0 Å². The first kappa shape index (κ1) is 14.3. The monoisotopic (exact) mass is 254 g/mol. The van der Waals surface area contributed by atoms with Crippen LogP contribution in [0.2, 0.25) is 0 Å². The Hall–Kier alpha value is -1.79. The number of nitrogens with one attached hydrogen (secondary N) is 1. The number of aliphatic hydroxyl groups is 1. The van der Waals surface area contributed by atoms with Gasteiger partial charge in [0.05, 0.1) is 13.2 Å². The molecule has 0 aliphatic carbocycles.